The summed E-state index contributed by atoms with van der Waals surface area (Å²) in [6.07, 6.45) is 6.24. The molecule has 0 atom stereocenters. The Bertz CT molecular complexity index is 1500. The molecule has 37 heavy (non-hydrogen) atoms. The lowest BCUT2D eigenvalue weighted by atomic mass is 10.1. The first kappa shape index (κ1) is 23.4. The van der Waals surface area contributed by atoms with Crippen LogP contribution in [-0.2, 0) is 6.42 Å². The second-order valence-electron chi connectivity index (χ2n) is 9.59. The number of aromatic nitrogens is 2. The number of H-pyrrole nitrogens is 1. The lowest BCUT2D eigenvalue weighted by Gasteiger charge is -2.36. The molecule has 6 heteroatoms. The van der Waals surface area contributed by atoms with E-state index in [-0.39, 0.29) is 0 Å². The van der Waals surface area contributed by atoms with E-state index in [1.54, 1.807) is 7.11 Å². The van der Waals surface area contributed by atoms with Crippen LogP contribution < -0.4 is 14.4 Å². The molecule has 188 valence electrons. The first-order valence-corrected chi connectivity index (χ1v) is 13.0. The third-order valence-corrected chi connectivity index (χ3v) is 7.26. The zero-order chi connectivity index (χ0) is 25.0. The van der Waals surface area contributed by atoms with Crippen LogP contribution in [-0.4, -0.2) is 54.7 Å². The number of nitrogens with zero attached hydrogens (tertiary/aromatic N) is 3. The molecule has 5 aromatic rings. The molecule has 0 unspecified atom stereocenters. The first-order valence-electron chi connectivity index (χ1n) is 13.0. The first-order chi connectivity index (χ1) is 18.3. The van der Waals surface area contributed by atoms with Gasteiger partial charge in [-0.2, -0.15) is 0 Å². The van der Waals surface area contributed by atoms with Crippen molar-refractivity contribution in [2.75, 3.05) is 44.7 Å². The van der Waals surface area contributed by atoms with Crippen LogP contribution in [0.1, 0.15) is 12.0 Å². The number of pyridine rings is 1. The quantitative estimate of drug-likeness (QED) is 0.277. The number of fused-ring (bicyclic) bond motifs is 2. The lowest BCUT2D eigenvalue weighted by Crippen LogP contribution is -2.46. The summed E-state index contributed by atoms with van der Waals surface area (Å²) < 4.78 is 11.6. The van der Waals surface area contributed by atoms with Crippen LogP contribution in [0.2, 0.25) is 0 Å². The van der Waals surface area contributed by atoms with Gasteiger partial charge >= 0.3 is 0 Å². The number of piperazine rings is 1. The summed E-state index contributed by atoms with van der Waals surface area (Å²) in [5.74, 6) is 2.46. The fourth-order valence-electron chi connectivity index (χ4n) is 5.26. The number of rotatable bonds is 8. The van der Waals surface area contributed by atoms with Gasteiger partial charge in [0.1, 0.15) is 11.5 Å². The molecule has 0 bridgehead atoms. The highest BCUT2D eigenvalue weighted by Gasteiger charge is 2.20. The van der Waals surface area contributed by atoms with Crippen molar-refractivity contribution in [3.63, 3.8) is 0 Å². The summed E-state index contributed by atoms with van der Waals surface area (Å²) in [7, 11) is 1.67. The molecule has 3 heterocycles. The van der Waals surface area contributed by atoms with Crippen LogP contribution in [0.4, 0.5) is 5.69 Å². The fraction of sp³-hybridized carbons (Fsp3) is 0.258. The molecule has 2 aromatic heterocycles. The number of nitrogens with one attached hydrogen (secondary N) is 1. The molecule has 1 saturated heterocycles. The number of ether oxygens (including phenoxy) is 2. The van der Waals surface area contributed by atoms with Crippen LogP contribution in [0.3, 0.4) is 0 Å². The number of aryl methyl sites for hydroxylation is 1. The number of anilines is 1. The van der Waals surface area contributed by atoms with E-state index in [2.05, 4.69) is 56.3 Å². The second kappa shape index (κ2) is 10.5. The van der Waals surface area contributed by atoms with E-state index >= 15 is 0 Å². The van der Waals surface area contributed by atoms with Crippen molar-refractivity contribution in [2.24, 2.45) is 0 Å². The molecular weight excluding hydrogens is 460 g/mol. The van der Waals surface area contributed by atoms with Gasteiger partial charge in [0.25, 0.3) is 0 Å². The Kier molecular flexibility index (Phi) is 6.65. The minimum atomic E-state index is 0.784. The highest BCUT2D eigenvalue weighted by molar-refractivity contribution is 5.96. The van der Waals surface area contributed by atoms with Gasteiger partial charge in [0.2, 0.25) is 0 Å². The number of aromatic amines is 1. The van der Waals surface area contributed by atoms with Gasteiger partial charge in [-0.3, -0.25) is 9.88 Å². The Hall–Kier alpha value is -4.03. The summed E-state index contributed by atoms with van der Waals surface area (Å²) in [6, 6.07) is 24.6. The highest BCUT2D eigenvalue weighted by atomic mass is 16.5. The molecule has 0 spiro atoms. The van der Waals surface area contributed by atoms with E-state index < -0.39 is 0 Å². The number of methoxy groups -OCH3 is 1. The molecule has 0 radical (unpaired) electrons. The highest BCUT2D eigenvalue weighted by Crippen LogP contribution is 2.34. The SMILES string of the molecule is COc1cccc(Oc2ccccc2N2CCN(CCCc3c[nH]c4cc5cccnc5cc34)CC2)c1. The largest absolute Gasteiger partial charge is 0.497 e. The Morgan fingerprint density at radius 1 is 0.892 bits per heavy atom. The molecule has 1 fully saturated rings. The maximum atomic E-state index is 6.26. The van der Waals surface area contributed by atoms with E-state index in [0.29, 0.717) is 0 Å². The van der Waals surface area contributed by atoms with E-state index in [9.17, 15) is 0 Å². The van der Waals surface area contributed by atoms with Crippen molar-refractivity contribution in [2.45, 2.75) is 12.8 Å². The monoisotopic (exact) mass is 492 g/mol. The molecule has 6 rings (SSSR count). The van der Waals surface area contributed by atoms with Crippen molar-refractivity contribution in [1.29, 1.82) is 0 Å². The molecule has 0 amide bonds. The maximum absolute atomic E-state index is 6.26. The average molecular weight is 493 g/mol. The van der Waals surface area contributed by atoms with Gasteiger partial charge in [0.15, 0.2) is 5.75 Å². The smallest absolute Gasteiger partial charge is 0.150 e. The Labute approximate surface area is 217 Å². The molecule has 6 nitrogen and oxygen atoms in total. The normalized spacial score (nSPS) is 14.4. The third kappa shape index (κ3) is 5.11. The molecule has 1 aliphatic heterocycles. The molecule has 1 N–H and O–H groups in total. The van der Waals surface area contributed by atoms with Crippen LogP contribution in [0.15, 0.2) is 85.2 Å². The van der Waals surface area contributed by atoms with E-state index in [4.69, 9.17) is 9.47 Å². The van der Waals surface area contributed by atoms with Crippen molar-refractivity contribution in [3.8, 4) is 17.2 Å². The lowest BCUT2D eigenvalue weighted by molar-refractivity contribution is 0.254. The predicted octanol–water partition coefficient (Wildman–Crippen LogP) is 6.27. The van der Waals surface area contributed by atoms with Crippen LogP contribution in [0, 0.1) is 0 Å². The van der Waals surface area contributed by atoms with Gasteiger partial charge in [0, 0.05) is 60.9 Å². The summed E-state index contributed by atoms with van der Waals surface area (Å²) in [6.45, 7) is 5.19. The van der Waals surface area contributed by atoms with Gasteiger partial charge in [-0.05, 0) is 67.4 Å². The Morgan fingerprint density at radius 2 is 1.76 bits per heavy atom. The minimum Gasteiger partial charge on any atom is -0.497 e. The minimum absolute atomic E-state index is 0.784. The average Bonchev–Trinajstić information content (AvgIpc) is 3.34. The summed E-state index contributed by atoms with van der Waals surface area (Å²) in [4.78, 5) is 13.0. The van der Waals surface area contributed by atoms with E-state index in [0.717, 1.165) is 74.0 Å². The van der Waals surface area contributed by atoms with Gasteiger partial charge in [-0.25, -0.2) is 0 Å². The van der Waals surface area contributed by atoms with Gasteiger partial charge in [-0.1, -0.05) is 24.3 Å². The second-order valence-corrected chi connectivity index (χ2v) is 9.59. The summed E-state index contributed by atoms with van der Waals surface area (Å²) in [5.41, 5.74) is 4.77. The maximum Gasteiger partial charge on any atom is 0.150 e. The van der Waals surface area contributed by atoms with Crippen molar-refractivity contribution in [1.82, 2.24) is 14.9 Å². The Balaban J connectivity index is 1.05. The summed E-state index contributed by atoms with van der Waals surface area (Å²) >= 11 is 0. The van der Waals surface area contributed by atoms with Gasteiger partial charge in [0.05, 0.1) is 18.3 Å². The van der Waals surface area contributed by atoms with Crippen LogP contribution >= 0.6 is 0 Å². The van der Waals surface area contributed by atoms with Crippen molar-refractivity contribution in [3.05, 3.63) is 90.8 Å². The molecular formula is C31H32N4O2. The molecule has 0 saturated carbocycles. The van der Waals surface area contributed by atoms with Crippen LogP contribution in [0.5, 0.6) is 17.2 Å². The molecule has 3 aromatic carbocycles. The fourth-order valence-corrected chi connectivity index (χ4v) is 5.26. The predicted molar refractivity (Wildman–Crippen MR) is 150 cm³/mol. The number of benzene rings is 3. The van der Waals surface area contributed by atoms with E-state index in [1.807, 2.05) is 48.7 Å². The molecule has 0 aliphatic carbocycles. The Morgan fingerprint density at radius 3 is 2.65 bits per heavy atom. The summed E-state index contributed by atoms with van der Waals surface area (Å²) in [5, 5.41) is 2.47. The van der Waals surface area contributed by atoms with Crippen molar-refractivity contribution < 1.29 is 9.47 Å². The zero-order valence-electron chi connectivity index (χ0n) is 21.2. The third-order valence-electron chi connectivity index (χ3n) is 7.26. The number of para-hydroxylation sites is 2. The van der Waals surface area contributed by atoms with Gasteiger partial charge < -0.3 is 19.4 Å². The standard InChI is InChI=1S/C31H32N4O2/c1-36-25-9-4-10-26(20-25)37-31-12-3-2-11-30(31)35-17-15-34(16-18-35)14-6-8-24-22-33-29-19-23-7-5-13-32-28(23)21-27(24)29/h2-5,7,9-13,19-22,33H,6,8,14-18H2,1H3. The topological polar surface area (TPSA) is 53.6 Å². The number of hydrogen-bond acceptors (Lipinski definition) is 5. The van der Waals surface area contributed by atoms with Gasteiger partial charge in [-0.15, -0.1) is 0 Å². The molecule has 1 aliphatic rings. The zero-order valence-corrected chi connectivity index (χ0v) is 21.2. The van der Waals surface area contributed by atoms with Crippen molar-refractivity contribution >= 4 is 27.5 Å². The number of hydrogen-bond donors (Lipinski definition) is 1. The van der Waals surface area contributed by atoms with E-state index in [1.165, 1.54) is 21.9 Å². The van der Waals surface area contributed by atoms with Crippen LogP contribution in [0.25, 0.3) is 21.8 Å².